The Morgan fingerprint density at radius 2 is 1.96 bits per heavy atom. The normalized spacial score (nSPS) is 37.6. The van der Waals surface area contributed by atoms with Crippen molar-refractivity contribution < 1.29 is 26.4 Å². The van der Waals surface area contributed by atoms with Gasteiger partial charge in [0.15, 0.2) is 9.84 Å². The first-order chi connectivity index (χ1) is 12.0. The molecule has 1 N–H and O–H groups in total. The van der Waals surface area contributed by atoms with Crippen LogP contribution in [0.25, 0.3) is 0 Å². The first-order valence-corrected chi connectivity index (χ1v) is 10.8. The van der Waals surface area contributed by atoms with Gasteiger partial charge in [-0.25, -0.2) is 13.2 Å². The minimum Gasteiger partial charge on any atom is -0.334 e. The Kier molecular flexibility index (Phi) is 4.96. The predicted octanol–water partition coefficient (Wildman–Crippen LogP) is 1.48. The molecule has 26 heavy (non-hydrogen) atoms. The number of nitrogens with zero attached hydrogens (tertiary/aromatic N) is 2. The average Bonchev–Trinajstić information content (AvgIpc) is 3.09. The Balaban J connectivity index is 1.77. The minimum atomic E-state index is -4.65. The number of sulfone groups is 1. The molecule has 3 saturated heterocycles. The number of carbonyl (C=O) groups excluding carboxylic acids is 1. The van der Waals surface area contributed by atoms with Gasteiger partial charge < -0.3 is 15.1 Å². The fraction of sp³-hybridized carbons (Fsp3) is 0.938. The van der Waals surface area contributed by atoms with Gasteiger partial charge in [-0.3, -0.25) is 0 Å². The molecule has 10 heteroatoms. The lowest BCUT2D eigenvalue weighted by atomic mass is 9.81. The number of hydrogen-bond acceptors (Lipinski definition) is 4. The maximum Gasteiger partial charge on any atom is 0.397 e. The van der Waals surface area contributed by atoms with Gasteiger partial charge in [0, 0.05) is 32.2 Å². The Labute approximate surface area is 152 Å². The van der Waals surface area contributed by atoms with E-state index in [0.717, 1.165) is 18.0 Å². The van der Waals surface area contributed by atoms with Gasteiger partial charge in [-0.1, -0.05) is 13.8 Å². The zero-order valence-electron chi connectivity index (χ0n) is 15.1. The van der Waals surface area contributed by atoms with Gasteiger partial charge in [0.25, 0.3) is 0 Å². The van der Waals surface area contributed by atoms with E-state index in [-0.39, 0.29) is 37.1 Å². The van der Waals surface area contributed by atoms with E-state index in [0.29, 0.717) is 6.54 Å². The Morgan fingerprint density at radius 1 is 1.27 bits per heavy atom. The van der Waals surface area contributed by atoms with Gasteiger partial charge in [0.1, 0.15) is 5.41 Å². The van der Waals surface area contributed by atoms with Gasteiger partial charge in [0.2, 0.25) is 0 Å². The second-order valence-corrected chi connectivity index (χ2v) is 10.2. The summed E-state index contributed by atoms with van der Waals surface area (Å²) < 4.78 is 66.0. The molecule has 2 unspecified atom stereocenters. The topological polar surface area (TPSA) is 69.7 Å². The highest BCUT2D eigenvalue weighted by Gasteiger charge is 2.68. The first-order valence-electron chi connectivity index (χ1n) is 9.06. The molecule has 2 amide bonds. The molecule has 3 aliphatic rings. The van der Waals surface area contributed by atoms with Crippen LogP contribution in [0, 0.1) is 11.3 Å². The average molecular weight is 397 g/mol. The first kappa shape index (κ1) is 19.7. The standard InChI is InChI=1S/C16H26F3N3O3S/c1-3-21-7-11(2)12(8-21)20-14(23)22-9-13-15(10-22,16(17,18)19)5-4-6-26(13,24)25/h11-13H,3-10H2,1-2H3,(H,20,23)/t11?,12?,13-,15-/m1/s1. The third kappa shape index (κ3) is 3.19. The van der Waals surface area contributed by atoms with Crippen molar-refractivity contribution >= 4 is 15.9 Å². The zero-order valence-corrected chi connectivity index (χ0v) is 15.9. The maximum absolute atomic E-state index is 13.8. The number of alkyl halides is 3. The maximum atomic E-state index is 13.8. The van der Waals surface area contributed by atoms with Crippen LogP contribution < -0.4 is 5.32 Å². The van der Waals surface area contributed by atoms with Crippen LogP contribution in [0.5, 0.6) is 0 Å². The van der Waals surface area contributed by atoms with Crippen LogP contribution in [-0.4, -0.2) is 80.2 Å². The summed E-state index contributed by atoms with van der Waals surface area (Å²) in [6.07, 6.45) is -4.91. The van der Waals surface area contributed by atoms with E-state index in [1.807, 2.05) is 13.8 Å². The van der Waals surface area contributed by atoms with Crippen LogP contribution in [0.2, 0.25) is 0 Å². The summed E-state index contributed by atoms with van der Waals surface area (Å²) in [5.41, 5.74) is -2.34. The predicted molar refractivity (Wildman–Crippen MR) is 90.5 cm³/mol. The van der Waals surface area contributed by atoms with Crippen molar-refractivity contribution in [3.8, 4) is 0 Å². The quantitative estimate of drug-likeness (QED) is 0.766. The lowest BCUT2D eigenvalue weighted by Gasteiger charge is -2.39. The van der Waals surface area contributed by atoms with Crippen molar-refractivity contribution in [2.45, 2.75) is 44.2 Å². The Morgan fingerprint density at radius 3 is 2.50 bits per heavy atom. The van der Waals surface area contributed by atoms with Crippen LogP contribution in [0.3, 0.4) is 0 Å². The summed E-state index contributed by atoms with van der Waals surface area (Å²) in [6.45, 7) is 5.37. The van der Waals surface area contributed by atoms with E-state index in [1.165, 1.54) is 0 Å². The SMILES string of the molecule is CCN1CC(C)C(NC(=O)N2C[C@@H]3[C@@](C(F)(F)F)(CCCS3(=O)=O)C2)C1. The lowest BCUT2D eigenvalue weighted by molar-refractivity contribution is -0.220. The number of hydrogen-bond donors (Lipinski definition) is 1. The number of fused-ring (bicyclic) bond motifs is 1. The van der Waals surface area contributed by atoms with Crippen molar-refractivity contribution in [2.75, 3.05) is 38.5 Å². The van der Waals surface area contributed by atoms with Crippen molar-refractivity contribution in [3.05, 3.63) is 0 Å². The molecule has 3 heterocycles. The molecule has 4 atom stereocenters. The second kappa shape index (κ2) is 6.54. The summed E-state index contributed by atoms with van der Waals surface area (Å²) >= 11 is 0. The summed E-state index contributed by atoms with van der Waals surface area (Å²) in [5, 5.41) is 1.27. The molecule has 0 aromatic carbocycles. The molecule has 150 valence electrons. The highest BCUT2D eigenvalue weighted by molar-refractivity contribution is 7.92. The molecule has 3 fully saturated rings. The van der Waals surface area contributed by atoms with Crippen molar-refractivity contribution in [1.82, 2.24) is 15.1 Å². The van der Waals surface area contributed by atoms with Gasteiger partial charge in [-0.2, -0.15) is 13.2 Å². The van der Waals surface area contributed by atoms with E-state index in [4.69, 9.17) is 0 Å². The summed E-state index contributed by atoms with van der Waals surface area (Å²) in [7, 11) is -3.87. The van der Waals surface area contributed by atoms with Gasteiger partial charge in [-0.15, -0.1) is 0 Å². The molecule has 0 radical (unpaired) electrons. The third-order valence-electron chi connectivity index (χ3n) is 6.26. The van der Waals surface area contributed by atoms with Crippen molar-refractivity contribution in [2.24, 2.45) is 11.3 Å². The van der Waals surface area contributed by atoms with Crippen LogP contribution >= 0.6 is 0 Å². The van der Waals surface area contributed by atoms with Crippen molar-refractivity contribution in [1.29, 1.82) is 0 Å². The van der Waals surface area contributed by atoms with E-state index >= 15 is 0 Å². The second-order valence-electron chi connectivity index (χ2n) is 7.88. The number of urea groups is 1. The van der Waals surface area contributed by atoms with Gasteiger partial charge in [0.05, 0.1) is 11.0 Å². The number of rotatable bonds is 2. The van der Waals surface area contributed by atoms with Crippen LogP contribution in [0.15, 0.2) is 0 Å². The van der Waals surface area contributed by atoms with E-state index in [1.54, 1.807) is 0 Å². The molecule has 3 aliphatic heterocycles. The molecule has 0 bridgehead atoms. The van der Waals surface area contributed by atoms with E-state index in [9.17, 15) is 26.4 Å². The summed E-state index contributed by atoms with van der Waals surface area (Å²) in [6, 6.07) is -0.725. The lowest BCUT2D eigenvalue weighted by Crippen LogP contribution is -2.54. The smallest absolute Gasteiger partial charge is 0.334 e. The number of amides is 2. The van der Waals surface area contributed by atoms with Gasteiger partial charge in [-0.05, 0) is 25.3 Å². The highest BCUT2D eigenvalue weighted by atomic mass is 32.2. The number of nitrogens with one attached hydrogen (secondary N) is 1. The monoisotopic (exact) mass is 397 g/mol. The Hall–Kier alpha value is -1.03. The van der Waals surface area contributed by atoms with Crippen LogP contribution in [0.1, 0.15) is 26.7 Å². The van der Waals surface area contributed by atoms with Crippen LogP contribution in [-0.2, 0) is 9.84 Å². The molecule has 0 spiro atoms. The van der Waals surface area contributed by atoms with Crippen LogP contribution in [0.4, 0.5) is 18.0 Å². The minimum absolute atomic E-state index is 0.0150. The number of likely N-dealkylation sites (tertiary alicyclic amines) is 2. The number of likely N-dealkylation sites (N-methyl/N-ethyl adjacent to an activating group) is 1. The zero-order chi connectivity index (χ0) is 19.3. The third-order valence-corrected chi connectivity index (χ3v) is 8.58. The molecule has 6 nitrogen and oxygen atoms in total. The number of carbonyl (C=O) groups is 1. The number of halogens is 3. The molecular weight excluding hydrogens is 371 g/mol. The fourth-order valence-electron chi connectivity index (χ4n) is 4.64. The molecular formula is C16H26F3N3O3S. The molecule has 3 rings (SSSR count). The molecule has 0 saturated carbocycles. The fourth-order valence-corrected chi connectivity index (χ4v) is 6.89. The Bertz CT molecular complexity index is 669. The molecule has 0 aromatic heterocycles. The van der Waals surface area contributed by atoms with E-state index < -0.39 is 39.3 Å². The van der Waals surface area contributed by atoms with E-state index in [2.05, 4.69) is 10.2 Å². The molecule has 0 aromatic rings. The summed E-state index contributed by atoms with van der Waals surface area (Å²) in [4.78, 5) is 15.8. The molecule has 0 aliphatic carbocycles. The largest absolute Gasteiger partial charge is 0.397 e. The van der Waals surface area contributed by atoms with Crippen molar-refractivity contribution in [3.63, 3.8) is 0 Å². The highest BCUT2D eigenvalue weighted by Crippen LogP contribution is 2.53. The van der Waals surface area contributed by atoms with Gasteiger partial charge >= 0.3 is 12.2 Å². The summed E-state index contributed by atoms with van der Waals surface area (Å²) in [5.74, 6) is -0.0418.